The predicted octanol–water partition coefficient (Wildman–Crippen LogP) is 3.38. The molecule has 0 unspecified atom stereocenters. The molecule has 0 bridgehead atoms. The minimum absolute atomic E-state index is 0. The number of halogens is 1. The maximum atomic E-state index is 5.56. The van der Waals surface area contributed by atoms with Crippen LogP contribution in [0.5, 0.6) is 0 Å². The maximum absolute atomic E-state index is 5.56. The first-order chi connectivity index (χ1) is 10.6. The molecule has 0 atom stereocenters. The molecule has 5 heteroatoms. The molecule has 0 fully saturated rings. The zero-order chi connectivity index (χ0) is 16.2. The average molecular weight is 433 g/mol. The van der Waals surface area contributed by atoms with E-state index in [9.17, 15) is 0 Å². The Morgan fingerprint density at radius 3 is 2.39 bits per heavy atom. The molecule has 0 aliphatic rings. The van der Waals surface area contributed by atoms with E-state index in [4.69, 9.17) is 4.74 Å². The van der Waals surface area contributed by atoms with E-state index in [1.165, 1.54) is 11.1 Å². The van der Waals surface area contributed by atoms with Crippen LogP contribution < -0.4 is 10.6 Å². The van der Waals surface area contributed by atoms with Crippen molar-refractivity contribution in [1.29, 1.82) is 0 Å². The third-order valence-corrected chi connectivity index (χ3v) is 3.26. The van der Waals surface area contributed by atoms with E-state index in [1.807, 2.05) is 0 Å². The Bertz CT molecular complexity index is 432. The van der Waals surface area contributed by atoms with Crippen molar-refractivity contribution in [3.63, 3.8) is 0 Å². The summed E-state index contributed by atoms with van der Waals surface area (Å²) in [6.07, 6.45) is 1.99. The highest BCUT2D eigenvalue weighted by Crippen LogP contribution is 2.02. The number of nitrogens with zero attached hydrogens (tertiary/aromatic N) is 1. The van der Waals surface area contributed by atoms with E-state index in [1.54, 1.807) is 7.05 Å². The number of hydrogen-bond acceptors (Lipinski definition) is 2. The fourth-order valence-corrected chi connectivity index (χ4v) is 2.00. The summed E-state index contributed by atoms with van der Waals surface area (Å²) in [5, 5.41) is 6.65. The Kier molecular flexibility index (Phi) is 13.1. The summed E-state index contributed by atoms with van der Waals surface area (Å²) in [5.41, 5.74) is 2.64. The molecule has 0 heterocycles. The molecule has 0 aromatic heterocycles. The lowest BCUT2D eigenvalue weighted by Gasteiger charge is -2.12. The van der Waals surface area contributed by atoms with E-state index in [0.717, 1.165) is 45.1 Å². The van der Waals surface area contributed by atoms with Gasteiger partial charge in [-0.05, 0) is 31.2 Å². The van der Waals surface area contributed by atoms with Gasteiger partial charge < -0.3 is 15.4 Å². The van der Waals surface area contributed by atoms with Gasteiger partial charge in [-0.2, -0.15) is 0 Å². The topological polar surface area (TPSA) is 45.7 Å². The summed E-state index contributed by atoms with van der Waals surface area (Å²) in [6.45, 7) is 9.83. The Morgan fingerprint density at radius 2 is 1.78 bits per heavy atom. The van der Waals surface area contributed by atoms with Crippen LogP contribution in [0.2, 0.25) is 0 Å². The zero-order valence-corrected chi connectivity index (χ0v) is 17.2. The van der Waals surface area contributed by atoms with Gasteiger partial charge in [-0.25, -0.2) is 0 Å². The summed E-state index contributed by atoms with van der Waals surface area (Å²) in [6, 6.07) is 8.66. The van der Waals surface area contributed by atoms with Gasteiger partial charge in [-0.15, -0.1) is 24.0 Å². The highest BCUT2D eigenvalue weighted by molar-refractivity contribution is 14.0. The van der Waals surface area contributed by atoms with E-state index in [-0.39, 0.29) is 24.0 Å². The fourth-order valence-electron chi connectivity index (χ4n) is 2.00. The first-order valence-corrected chi connectivity index (χ1v) is 8.19. The second kappa shape index (κ2) is 13.6. The van der Waals surface area contributed by atoms with Gasteiger partial charge in [0.15, 0.2) is 5.96 Å². The molecule has 0 aliphatic carbocycles. The number of aliphatic imine (C=N–C) groups is 1. The first kappa shape index (κ1) is 22.2. The van der Waals surface area contributed by atoms with E-state index < -0.39 is 0 Å². The second-order valence-electron chi connectivity index (χ2n) is 5.98. The zero-order valence-electron chi connectivity index (χ0n) is 14.9. The van der Waals surface area contributed by atoms with Crippen LogP contribution in [0.15, 0.2) is 29.3 Å². The van der Waals surface area contributed by atoms with Crippen molar-refractivity contribution in [2.75, 3.05) is 33.4 Å². The van der Waals surface area contributed by atoms with Gasteiger partial charge in [-0.3, -0.25) is 4.99 Å². The summed E-state index contributed by atoms with van der Waals surface area (Å²) in [7, 11) is 1.80. The minimum Gasteiger partial charge on any atom is -0.381 e. The highest BCUT2D eigenvalue weighted by atomic mass is 127. The number of nitrogens with one attached hydrogen (secondary N) is 2. The van der Waals surface area contributed by atoms with E-state index in [0.29, 0.717) is 5.92 Å². The number of rotatable bonds is 9. The summed E-state index contributed by atoms with van der Waals surface area (Å²) in [5.74, 6) is 1.46. The molecule has 0 radical (unpaired) electrons. The number of benzene rings is 1. The molecule has 1 rings (SSSR count). The number of guanidine groups is 1. The van der Waals surface area contributed by atoms with Gasteiger partial charge in [-0.1, -0.05) is 43.7 Å². The van der Waals surface area contributed by atoms with Gasteiger partial charge in [0.1, 0.15) is 0 Å². The lowest BCUT2D eigenvalue weighted by atomic mass is 10.1. The Morgan fingerprint density at radius 1 is 1.13 bits per heavy atom. The normalized spacial score (nSPS) is 11.3. The highest BCUT2D eigenvalue weighted by Gasteiger charge is 1.98. The standard InChI is InChI=1S/C18H31N3O.HI/c1-15(2)14-22-13-5-11-20-18(19-4)21-12-10-17-8-6-16(3)7-9-17;/h6-9,15H,5,10-14H2,1-4H3,(H2,19,20,21);1H. The van der Waals surface area contributed by atoms with Gasteiger partial charge in [0, 0.05) is 33.4 Å². The van der Waals surface area contributed by atoms with Crippen molar-refractivity contribution in [1.82, 2.24) is 10.6 Å². The van der Waals surface area contributed by atoms with E-state index >= 15 is 0 Å². The molecule has 132 valence electrons. The van der Waals surface area contributed by atoms with Crippen molar-refractivity contribution >= 4 is 29.9 Å². The van der Waals surface area contributed by atoms with Crippen LogP contribution in [0.3, 0.4) is 0 Å². The van der Waals surface area contributed by atoms with Crippen LogP contribution in [-0.2, 0) is 11.2 Å². The van der Waals surface area contributed by atoms with Crippen molar-refractivity contribution < 1.29 is 4.74 Å². The first-order valence-electron chi connectivity index (χ1n) is 8.19. The van der Waals surface area contributed by atoms with Crippen LogP contribution in [0, 0.1) is 12.8 Å². The monoisotopic (exact) mass is 433 g/mol. The SMILES string of the molecule is CN=C(NCCCOCC(C)C)NCCc1ccc(C)cc1.I. The molecule has 23 heavy (non-hydrogen) atoms. The van der Waals surface area contributed by atoms with Crippen LogP contribution in [0.4, 0.5) is 0 Å². The van der Waals surface area contributed by atoms with Crippen molar-refractivity contribution in [3.05, 3.63) is 35.4 Å². The van der Waals surface area contributed by atoms with Gasteiger partial charge in [0.2, 0.25) is 0 Å². The summed E-state index contributed by atoms with van der Waals surface area (Å²) >= 11 is 0. The molecule has 0 saturated carbocycles. The lowest BCUT2D eigenvalue weighted by molar-refractivity contribution is 0.108. The molecule has 0 spiro atoms. The maximum Gasteiger partial charge on any atom is 0.190 e. The molecule has 0 saturated heterocycles. The van der Waals surface area contributed by atoms with Crippen LogP contribution in [0.25, 0.3) is 0 Å². The molecule has 4 nitrogen and oxygen atoms in total. The smallest absolute Gasteiger partial charge is 0.190 e. The number of ether oxygens (including phenoxy) is 1. The van der Waals surface area contributed by atoms with Crippen LogP contribution >= 0.6 is 24.0 Å². The van der Waals surface area contributed by atoms with Crippen molar-refractivity contribution in [3.8, 4) is 0 Å². The summed E-state index contributed by atoms with van der Waals surface area (Å²) in [4.78, 5) is 4.23. The molecular formula is C18H32IN3O. The molecule has 1 aromatic carbocycles. The Hall–Kier alpha value is -0.820. The van der Waals surface area contributed by atoms with Crippen molar-refractivity contribution in [2.45, 2.75) is 33.6 Å². The molecule has 0 amide bonds. The summed E-state index contributed by atoms with van der Waals surface area (Å²) < 4.78 is 5.56. The lowest BCUT2D eigenvalue weighted by Crippen LogP contribution is -2.39. The molecule has 0 aliphatic heterocycles. The van der Waals surface area contributed by atoms with Gasteiger partial charge >= 0.3 is 0 Å². The average Bonchev–Trinajstić information content (AvgIpc) is 2.50. The third kappa shape index (κ3) is 11.4. The Labute approximate surface area is 158 Å². The van der Waals surface area contributed by atoms with Crippen molar-refractivity contribution in [2.24, 2.45) is 10.9 Å². The third-order valence-electron chi connectivity index (χ3n) is 3.26. The Balaban J connectivity index is 0.00000484. The quantitative estimate of drug-likeness (QED) is 0.272. The fraction of sp³-hybridized carbons (Fsp3) is 0.611. The van der Waals surface area contributed by atoms with Crippen LogP contribution in [-0.4, -0.2) is 39.3 Å². The number of aryl methyl sites for hydroxylation is 1. The van der Waals surface area contributed by atoms with Gasteiger partial charge in [0.05, 0.1) is 0 Å². The molecular weight excluding hydrogens is 401 g/mol. The predicted molar refractivity (Wildman–Crippen MR) is 110 cm³/mol. The molecule has 1 aromatic rings. The minimum atomic E-state index is 0. The van der Waals surface area contributed by atoms with Crippen LogP contribution in [0.1, 0.15) is 31.4 Å². The van der Waals surface area contributed by atoms with E-state index in [2.05, 4.69) is 60.7 Å². The largest absolute Gasteiger partial charge is 0.381 e. The number of hydrogen-bond donors (Lipinski definition) is 2. The second-order valence-corrected chi connectivity index (χ2v) is 5.98. The molecule has 2 N–H and O–H groups in total. The van der Waals surface area contributed by atoms with Gasteiger partial charge in [0.25, 0.3) is 0 Å².